The zero-order chi connectivity index (χ0) is 12.3. The zero-order valence-corrected chi connectivity index (χ0v) is 9.24. The first kappa shape index (κ1) is 12.1. The lowest BCUT2D eigenvalue weighted by molar-refractivity contribution is -0.116. The first-order valence-corrected chi connectivity index (χ1v) is 4.85. The monoisotopic (exact) mass is 219 g/mol. The van der Waals surface area contributed by atoms with Crippen LogP contribution in [0.2, 0.25) is 0 Å². The Bertz CT molecular complexity index is 463. The molecule has 0 atom stereocenters. The summed E-state index contributed by atoms with van der Waals surface area (Å²) in [6.07, 6.45) is -0.150. The lowest BCUT2D eigenvalue weighted by Gasteiger charge is -2.05. The van der Waals surface area contributed by atoms with Gasteiger partial charge < -0.3 is 5.73 Å². The maximum atomic E-state index is 11.7. The molecule has 0 saturated heterocycles. The van der Waals surface area contributed by atoms with Gasteiger partial charge in [0.2, 0.25) is 5.91 Å². The molecular weight excluding hydrogens is 206 g/mol. The number of ketones is 2. The highest BCUT2D eigenvalue weighted by Gasteiger charge is 2.13. The normalized spacial score (nSPS) is 9.88. The molecule has 0 aromatic heterocycles. The van der Waals surface area contributed by atoms with Crippen LogP contribution in [0, 0.1) is 6.92 Å². The molecule has 84 valence electrons. The van der Waals surface area contributed by atoms with Crippen molar-refractivity contribution in [2.45, 2.75) is 20.3 Å². The van der Waals surface area contributed by atoms with E-state index in [-0.39, 0.29) is 23.6 Å². The molecule has 0 unspecified atom stereocenters. The van der Waals surface area contributed by atoms with Gasteiger partial charge in [-0.1, -0.05) is 6.07 Å². The Morgan fingerprint density at radius 2 is 1.88 bits per heavy atom. The lowest BCUT2D eigenvalue weighted by Crippen LogP contribution is -2.13. The van der Waals surface area contributed by atoms with Crippen LogP contribution in [0.15, 0.2) is 18.2 Å². The highest BCUT2D eigenvalue weighted by molar-refractivity contribution is 6.09. The summed E-state index contributed by atoms with van der Waals surface area (Å²) in [7, 11) is 0. The third-order valence-corrected chi connectivity index (χ3v) is 2.23. The minimum absolute atomic E-state index is 0.150. The van der Waals surface area contributed by atoms with Crippen molar-refractivity contribution in [1.82, 2.24) is 0 Å². The minimum Gasteiger partial charge on any atom is -0.366 e. The van der Waals surface area contributed by atoms with Gasteiger partial charge in [0, 0.05) is 11.1 Å². The van der Waals surface area contributed by atoms with Gasteiger partial charge in [0.15, 0.2) is 5.78 Å². The van der Waals surface area contributed by atoms with Crippen LogP contribution in [-0.4, -0.2) is 17.5 Å². The van der Waals surface area contributed by atoms with E-state index in [2.05, 4.69) is 0 Å². The highest BCUT2D eigenvalue weighted by Crippen LogP contribution is 2.13. The summed E-state index contributed by atoms with van der Waals surface area (Å²) in [6.45, 7) is 3.10. The van der Waals surface area contributed by atoms with Crippen LogP contribution in [0.5, 0.6) is 0 Å². The lowest BCUT2D eigenvalue weighted by atomic mass is 9.98. The molecule has 0 heterocycles. The average molecular weight is 219 g/mol. The van der Waals surface area contributed by atoms with E-state index in [1.54, 1.807) is 19.1 Å². The second-order valence-electron chi connectivity index (χ2n) is 3.70. The average Bonchev–Trinajstić information content (AvgIpc) is 2.16. The summed E-state index contributed by atoms with van der Waals surface area (Å²) in [4.78, 5) is 33.5. The van der Waals surface area contributed by atoms with E-state index < -0.39 is 5.91 Å². The Labute approximate surface area is 93.4 Å². The summed E-state index contributed by atoms with van der Waals surface area (Å²) in [5.41, 5.74) is 6.51. The van der Waals surface area contributed by atoms with Gasteiger partial charge in [-0.25, -0.2) is 0 Å². The number of rotatable bonds is 4. The summed E-state index contributed by atoms with van der Waals surface area (Å²) < 4.78 is 0. The molecule has 0 saturated carbocycles. The van der Waals surface area contributed by atoms with Crippen LogP contribution in [-0.2, 0) is 4.79 Å². The SMILES string of the molecule is CC(=O)CC(=O)c1cc(C(N)=O)ccc1C. The van der Waals surface area contributed by atoms with E-state index in [1.165, 1.54) is 13.0 Å². The van der Waals surface area contributed by atoms with Crippen molar-refractivity contribution < 1.29 is 14.4 Å². The minimum atomic E-state index is -0.586. The molecule has 1 rings (SSSR count). The predicted octanol–water partition coefficient (Wildman–Crippen LogP) is 1.26. The smallest absolute Gasteiger partial charge is 0.248 e. The molecule has 16 heavy (non-hydrogen) atoms. The molecule has 0 aliphatic rings. The van der Waals surface area contributed by atoms with Gasteiger partial charge in [0.1, 0.15) is 5.78 Å². The molecule has 0 radical (unpaired) electrons. The maximum absolute atomic E-state index is 11.7. The van der Waals surface area contributed by atoms with Gasteiger partial charge in [0.25, 0.3) is 0 Å². The van der Waals surface area contributed by atoms with Crippen LogP contribution < -0.4 is 5.73 Å². The van der Waals surface area contributed by atoms with Crippen molar-refractivity contribution in [2.75, 3.05) is 0 Å². The molecule has 1 aromatic rings. The van der Waals surface area contributed by atoms with Gasteiger partial charge in [-0.3, -0.25) is 14.4 Å². The molecule has 0 spiro atoms. The number of carbonyl (C=O) groups is 3. The number of carbonyl (C=O) groups excluding carboxylic acids is 3. The summed E-state index contributed by atoms with van der Waals surface area (Å²) in [5.74, 6) is -1.07. The summed E-state index contributed by atoms with van der Waals surface area (Å²) >= 11 is 0. The zero-order valence-electron chi connectivity index (χ0n) is 9.24. The summed E-state index contributed by atoms with van der Waals surface area (Å²) in [5, 5.41) is 0. The van der Waals surface area contributed by atoms with Gasteiger partial charge in [-0.05, 0) is 31.5 Å². The second-order valence-corrected chi connectivity index (χ2v) is 3.70. The number of benzene rings is 1. The fraction of sp³-hybridized carbons (Fsp3) is 0.250. The van der Waals surface area contributed by atoms with Crippen LogP contribution in [0.25, 0.3) is 0 Å². The van der Waals surface area contributed by atoms with Gasteiger partial charge in [-0.2, -0.15) is 0 Å². The topological polar surface area (TPSA) is 77.2 Å². The van der Waals surface area contributed by atoms with E-state index in [9.17, 15) is 14.4 Å². The van der Waals surface area contributed by atoms with Crippen LogP contribution in [0.3, 0.4) is 0 Å². The Kier molecular flexibility index (Phi) is 3.55. The molecule has 1 amide bonds. The molecular formula is C12H13NO3. The van der Waals surface area contributed by atoms with Crippen LogP contribution >= 0.6 is 0 Å². The number of primary amides is 1. The van der Waals surface area contributed by atoms with E-state index in [0.29, 0.717) is 5.56 Å². The van der Waals surface area contributed by atoms with Crippen molar-refractivity contribution in [3.8, 4) is 0 Å². The maximum Gasteiger partial charge on any atom is 0.248 e. The molecule has 0 aliphatic carbocycles. The standard InChI is InChI=1S/C12H13NO3/c1-7-3-4-9(12(13)16)6-10(7)11(15)5-8(2)14/h3-4,6H,5H2,1-2H3,(H2,13,16). The highest BCUT2D eigenvalue weighted by atomic mass is 16.2. The van der Waals surface area contributed by atoms with Crippen molar-refractivity contribution in [3.05, 3.63) is 34.9 Å². The van der Waals surface area contributed by atoms with E-state index in [1.807, 2.05) is 0 Å². The third-order valence-electron chi connectivity index (χ3n) is 2.23. The second kappa shape index (κ2) is 4.70. The predicted molar refractivity (Wildman–Crippen MR) is 59.3 cm³/mol. The van der Waals surface area contributed by atoms with Gasteiger partial charge in [-0.15, -0.1) is 0 Å². The van der Waals surface area contributed by atoms with Crippen molar-refractivity contribution in [3.63, 3.8) is 0 Å². The molecule has 2 N–H and O–H groups in total. The first-order chi connectivity index (χ1) is 7.41. The van der Waals surface area contributed by atoms with E-state index in [4.69, 9.17) is 5.73 Å². The number of Topliss-reactive ketones (excluding diaryl/α,β-unsaturated/α-hetero) is 2. The number of hydrogen-bond acceptors (Lipinski definition) is 3. The Morgan fingerprint density at radius 3 is 2.38 bits per heavy atom. The Hall–Kier alpha value is -1.97. The molecule has 4 heteroatoms. The first-order valence-electron chi connectivity index (χ1n) is 4.85. The van der Waals surface area contributed by atoms with Crippen LogP contribution in [0.1, 0.15) is 39.6 Å². The van der Waals surface area contributed by atoms with Crippen molar-refractivity contribution in [1.29, 1.82) is 0 Å². The number of aryl methyl sites for hydroxylation is 1. The molecule has 0 bridgehead atoms. The van der Waals surface area contributed by atoms with Crippen LogP contribution in [0.4, 0.5) is 0 Å². The molecule has 0 fully saturated rings. The van der Waals surface area contributed by atoms with Gasteiger partial charge >= 0.3 is 0 Å². The summed E-state index contributed by atoms with van der Waals surface area (Å²) in [6, 6.07) is 4.64. The number of nitrogens with two attached hydrogens (primary N) is 1. The van der Waals surface area contributed by atoms with Gasteiger partial charge in [0.05, 0.1) is 6.42 Å². The fourth-order valence-electron chi connectivity index (χ4n) is 1.40. The van der Waals surface area contributed by atoms with Crippen molar-refractivity contribution in [2.24, 2.45) is 5.73 Å². The Balaban J connectivity index is 3.11. The fourth-order valence-corrected chi connectivity index (χ4v) is 1.40. The van der Waals surface area contributed by atoms with E-state index in [0.717, 1.165) is 5.56 Å². The number of amides is 1. The largest absolute Gasteiger partial charge is 0.366 e. The number of hydrogen-bond donors (Lipinski definition) is 1. The molecule has 4 nitrogen and oxygen atoms in total. The van der Waals surface area contributed by atoms with Crippen molar-refractivity contribution >= 4 is 17.5 Å². The Morgan fingerprint density at radius 1 is 1.25 bits per heavy atom. The van der Waals surface area contributed by atoms with E-state index >= 15 is 0 Å². The quantitative estimate of drug-likeness (QED) is 0.611. The molecule has 0 aliphatic heterocycles. The molecule has 1 aromatic carbocycles. The third kappa shape index (κ3) is 2.76.